The van der Waals surface area contributed by atoms with Crippen LogP contribution in [0.15, 0.2) is 18.2 Å². The molecule has 4 rings (SSSR count). The highest BCUT2D eigenvalue weighted by atomic mass is 19.4. The molecule has 0 radical (unpaired) electrons. The number of alkyl halides is 3. The number of anilines is 1. The molecule has 2 heterocycles. The lowest BCUT2D eigenvalue weighted by Gasteiger charge is -2.30. The lowest BCUT2D eigenvalue weighted by molar-refractivity contribution is -0.137. The van der Waals surface area contributed by atoms with E-state index in [1.165, 1.54) is 6.07 Å². The molecular formula is C20H22F3N3O3. The molecule has 2 aromatic rings. The smallest absolute Gasteiger partial charge is 0.416 e. The Morgan fingerprint density at radius 1 is 1.10 bits per heavy atom. The highest BCUT2D eigenvalue weighted by Crippen LogP contribution is 2.42. The largest absolute Gasteiger partial charge is 0.507 e. The fraction of sp³-hybridized carbons (Fsp3) is 0.500. The Morgan fingerprint density at radius 2 is 1.90 bits per heavy atom. The third-order valence-corrected chi connectivity index (χ3v) is 5.47. The summed E-state index contributed by atoms with van der Waals surface area (Å²) in [6.45, 7) is 0.443. The van der Waals surface area contributed by atoms with Crippen molar-refractivity contribution >= 4 is 5.82 Å². The summed E-state index contributed by atoms with van der Waals surface area (Å²) in [5.41, 5.74) is 0.165. The monoisotopic (exact) mass is 409 g/mol. The molecular weight excluding hydrogens is 387 g/mol. The van der Waals surface area contributed by atoms with E-state index in [0.29, 0.717) is 30.7 Å². The molecule has 6 nitrogen and oxygen atoms in total. The van der Waals surface area contributed by atoms with E-state index in [2.05, 4.69) is 15.5 Å². The van der Waals surface area contributed by atoms with E-state index in [4.69, 9.17) is 4.74 Å². The van der Waals surface area contributed by atoms with Crippen LogP contribution in [-0.2, 0) is 12.6 Å². The Labute approximate surface area is 165 Å². The molecule has 0 bridgehead atoms. The van der Waals surface area contributed by atoms with Crippen LogP contribution in [-0.4, -0.2) is 39.2 Å². The second-order valence-electron chi connectivity index (χ2n) is 7.49. The van der Waals surface area contributed by atoms with Gasteiger partial charge in [0.05, 0.1) is 24.3 Å². The van der Waals surface area contributed by atoms with Crippen molar-refractivity contribution in [3.05, 3.63) is 29.3 Å². The minimum Gasteiger partial charge on any atom is -0.507 e. The number of phenols is 1. The molecule has 0 unspecified atom stereocenters. The zero-order valence-electron chi connectivity index (χ0n) is 15.7. The van der Waals surface area contributed by atoms with Crippen molar-refractivity contribution in [3.8, 4) is 22.8 Å². The molecule has 0 spiro atoms. The van der Waals surface area contributed by atoms with E-state index in [1.807, 2.05) is 0 Å². The topological polar surface area (TPSA) is 87.5 Å². The van der Waals surface area contributed by atoms with Gasteiger partial charge in [0.1, 0.15) is 11.4 Å². The zero-order chi connectivity index (χ0) is 20.6. The number of nitrogens with one attached hydrogen (secondary N) is 1. The van der Waals surface area contributed by atoms with Crippen LogP contribution < -0.4 is 10.1 Å². The summed E-state index contributed by atoms with van der Waals surface area (Å²) in [5.74, 6) is 0.392. The minimum atomic E-state index is -4.55. The molecule has 1 aromatic carbocycles. The molecule has 2 atom stereocenters. The Morgan fingerprint density at radius 3 is 2.62 bits per heavy atom. The molecule has 0 amide bonds. The maximum absolute atomic E-state index is 12.9. The van der Waals surface area contributed by atoms with E-state index < -0.39 is 23.6 Å². The van der Waals surface area contributed by atoms with Gasteiger partial charge in [-0.2, -0.15) is 13.2 Å². The van der Waals surface area contributed by atoms with Crippen molar-refractivity contribution in [2.45, 2.75) is 56.8 Å². The maximum Gasteiger partial charge on any atom is 0.416 e. The number of fused-ring (bicyclic) bond motifs is 1. The number of ether oxygens (including phenoxy) is 1. The number of nitrogens with zero attached hydrogens (tertiary/aromatic N) is 2. The highest BCUT2D eigenvalue weighted by Gasteiger charge is 2.32. The predicted molar refractivity (Wildman–Crippen MR) is 99.8 cm³/mol. The summed E-state index contributed by atoms with van der Waals surface area (Å²) in [5, 5.41) is 32.1. The number of phenolic OH excluding ortho intramolecular Hbond substituents is 1. The molecule has 1 aliphatic carbocycles. The van der Waals surface area contributed by atoms with Crippen LogP contribution >= 0.6 is 0 Å². The molecule has 156 valence electrons. The van der Waals surface area contributed by atoms with Gasteiger partial charge in [-0.1, -0.05) is 12.8 Å². The summed E-state index contributed by atoms with van der Waals surface area (Å²) < 4.78 is 44.4. The molecule has 3 N–H and O–H groups in total. The van der Waals surface area contributed by atoms with Crippen molar-refractivity contribution in [1.29, 1.82) is 0 Å². The molecule has 9 heteroatoms. The van der Waals surface area contributed by atoms with Crippen molar-refractivity contribution in [1.82, 2.24) is 10.2 Å². The second kappa shape index (κ2) is 7.70. The van der Waals surface area contributed by atoms with Crippen LogP contribution in [0.5, 0.6) is 11.5 Å². The second-order valence-corrected chi connectivity index (χ2v) is 7.49. The van der Waals surface area contributed by atoms with Crippen molar-refractivity contribution in [3.63, 3.8) is 0 Å². The van der Waals surface area contributed by atoms with E-state index in [9.17, 15) is 23.4 Å². The fourth-order valence-electron chi connectivity index (χ4n) is 3.92. The first-order valence-electron chi connectivity index (χ1n) is 9.72. The maximum atomic E-state index is 12.9. The predicted octanol–water partition coefficient (Wildman–Crippen LogP) is 3.91. The number of aliphatic hydroxyl groups excluding tert-OH is 1. The zero-order valence-corrected chi connectivity index (χ0v) is 15.7. The summed E-state index contributed by atoms with van der Waals surface area (Å²) >= 11 is 0. The Bertz CT molecular complexity index is 905. The van der Waals surface area contributed by atoms with Gasteiger partial charge in [-0.3, -0.25) is 0 Å². The summed E-state index contributed by atoms with van der Waals surface area (Å²) in [6, 6.07) is 2.63. The van der Waals surface area contributed by atoms with Gasteiger partial charge in [0.25, 0.3) is 0 Å². The lowest BCUT2D eigenvalue weighted by atomic mass is 9.92. The van der Waals surface area contributed by atoms with Gasteiger partial charge in [-0.15, -0.1) is 10.2 Å². The molecule has 1 aliphatic heterocycles. The van der Waals surface area contributed by atoms with Crippen LogP contribution in [0.3, 0.4) is 0 Å². The molecule has 1 fully saturated rings. The third kappa shape index (κ3) is 3.96. The number of aromatic nitrogens is 2. The summed E-state index contributed by atoms with van der Waals surface area (Å²) in [6.07, 6.45) is -0.0579. The highest BCUT2D eigenvalue weighted by molar-refractivity contribution is 5.76. The van der Waals surface area contributed by atoms with Crippen LogP contribution in [0.4, 0.5) is 19.0 Å². The molecule has 29 heavy (non-hydrogen) atoms. The van der Waals surface area contributed by atoms with Gasteiger partial charge in [0.15, 0.2) is 11.6 Å². The van der Waals surface area contributed by atoms with Gasteiger partial charge in [0.2, 0.25) is 0 Å². The van der Waals surface area contributed by atoms with Gasteiger partial charge >= 0.3 is 6.18 Å². The van der Waals surface area contributed by atoms with Crippen molar-refractivity contribution in [2.75, 3.05) is 11.9 Å². The lowest BCUT2D eigenvalue weighted by Crippen LogP contribution is -2.37. The standard InChI is InChI=1S/C20H22F3N3O3/c21-20(22,23)11-7-8-12(16(28)10-11)17-18-13(4-3-9-29-18)19(26-25-17)24-14-5-1-2-6-15(14)27/h7-8,10,14-15,27-28H,1-6,9H2,(H,24,26)/t14-,15-/m1/s1. The number of rotatable bonds is 3. The summed E-state index contributed by atoms with van der Waals surface area (Å²) in [7, 11) is 0. The fourth-order valence-corrected chi connectivity index (χ4v) is 3.92. The quantitative estimate of drug-likeness (QED) is 0.713. The first kappa shape index (κ1) is 19.8. The van der Waals surface area contributed by atoms with E-state index >= 15 is 0 Å². The van der Waals surface area contributed by atoms with Crippen LogP contribution in [0.2, 0.25) is 0 Å². The molecule has 0 saturated heterocycles. The SMILES string of the molecule is Oc1cc(C(F)(F)F)ccc1-c1nnc(N[C@@H]2CCCC[C@H]2O)c2c1OCCC2. The first-order valence-corrected chi connectivity index (χ1v) is 9.72. The first-order chi connectivity index (χ1) is 13.8. The Hall–Kier alpha value is -2.55. The number of hydrogen-bond acceptors (Lipinski definition) is 6. The molecule has 1 saturated carbocycles. The third-order valence-electron chi connectivity index (χ3n) is 5.47. The number of aliphatic hydroxyl groups is 1. The van der Waals surface area contributed by atoms with Crippen molar-refractivity contribution < 1.29 is 28.1 Å². The van der Waals surface area contributed by atoms with Crippen molar-refractivity contribution in [2.24, 2.45) is 0 Å². The number of hydrogen-bond donors (Lipinski definition) is 3. The van der Waals surface area contributed by atoms with Gasteiger partial charge in [-0.25, -0.2) is 0 Å². The molecule has 2 aliphatic rings. The van der Waals surface area contributed by atoms with E-state index in [0.717, 1.165) is 43.7 Å². The van der Waals surface area contributed by atoms with Gasteiger partial charge in [0, 0.05) is 11.1 Å². The Kier molecular flexibility index (Phi) is 5.24. The van der Waals surface area contributed by atoms with E-state index in [-0.39, 0.29) is 17.3 Å². The van der Waals surface area contributed by atoms with Crippen LogP contribution in [0, 0.1) is 0 Å². The average Bonchev–Trinajstić information content (AvgIpc) is 2.69. The van der Waals surface area contributed by atoms with Crippen LogP contribution in [0.1, 0.15) is 43.2 Å². The normalized spacial score (nSPS) is 21.9. The average molecular weight is 409 g/mol. The number of aromatic hydroxyl groups is 1. The summed E-state index contributed by atoms with van der Waals surface area (Å²) in [4.78, 5) is 0. The minimum absolute atomic E-state index is 0.130. The molecule has 1 aromatic heterocycles. The number of halogens is 3. The van der Waals surface area contributed by atoms with Gasteiger partial charge in [-0.05, 0) is 43.9 Å². The van der Waals surface area contributed by atoms with Gasteiger partial charge < -0.3 is 20.3 Å². The van der Waals surface area contributed by atoms with Crippen LogP contribution in [0.25, 0.3) is 11.3 Å². The van der Waals surface area contributed by atoms with E-state index in [1.54, 1.807) is 0 Å². The number of benzene rings is 1. The Balaban J connectivity index is 1.71.